The number of hydrogen-bond donors (Lipinski definition) is 2. The van der Waals surface area contributed by atoms with Gasteiger partial charge in [-0.1, -0.05) is 18.6 Å². The van der Waals surface area contributed by atoms with Crippen LogP contribution in [0.1, 0.15) is 106 Å². The first-order chi connectivity index (χ1) is 33.4. The van der Waals surface area contributed by atoms with Gasteiger partial charge in [0.05, 0.1) is 67.5 Å². The SMILES string of the molecule is CO[C@@H]1[C@@H](O)[C@H](O[C@@H]2[C@@H](C)O[C@@H](O[C@H]3[C@@H](OC)C[C@H](O[C@@H]4[C@@H](C)O[C@@H](O[C@H]5CC[C@@]6(COC(C)=O)C(=CC[C@@H]7[C@@H]6CC[C@]6(C)[C@@H]8[C@H]9CO[C@]8(C)O[C@@]76O9)C5)C[C@H]4OC)O[C@@H]3C)C[C@H]2OC)O[C@H](C)[C@H]1O. The van der Waals surface area contributed by atoms with Gasteiger partial charge in [0, 0.05) is 71.4 Å². The molecule has 26 atom stereocenters. The molecule has 2 saturated carbocycles. The van der Waals surface area contributed by atoms with Gasteiger partial charge in [0.2, 0.25) is 0 Å². The lowest BCUT2D eigenvalue weighted by molar-refractivity contribution is -0.359. The van der Waals surface area contributed by atoms with E-state index < -0.39 is 104 Å². The summed E-state index contributed by atoms with van der Waals surface area (Å²) < 4.78 is 101. The van der Waals surface area contributed by atoms with Gasteiger partial charge in [-0.15, -0.1) is 0 Å². The average molecular weight is 997 g/mol. The van der Waals surface area contributed by atoms with Gasteiger partial charge in [-0.25, -0.2) is 0 Å². The predicted molar refractivity (Wildman–Crippen MR) is 242 cm³/mol. The number of aliphatic hydroxyl groups is 2. The minimum absolute atomic E-state index is 0.0378. The fraction of sp³-hybridized carbons (Fsp3) is 0.941. The van der Waals surface area contributed by atoms with Crippen molar-refractivity contribution < 1.29 is 90.8 Å². The summed E-state index contributed by atoms with van der Waals surface area (Å²) in [6.07, 6.45) is -2.13. The van der Waals surface area contributed by atoms with Crippen molar-refractivity contribution in [3.63, 3.8) is 0 Å². The number of rotatable bonds is 14. The van der Waals surface area contributed by atoms with E-state index >= 15 is 0 Å². The van der Waals surface area contributed by atoms with Crippen LogP contribution in [0.3, 0.4) is 0 Å². The Balaban J connectivity index is 0.741. The number of carbonyl (C=O) groups is 1. The first kappa shape index (κ1) is 52.0. The first-order valence-electron chi connectivity index (χ1n) is 26.0. The van der Waals surface area contributed by atoms with Gasteiger partial charge in [-0.05, 0) is 79.1 Å². The fourth-order valence-corrected chi connectivity index (χ4v) is 15.2. The second-order valence-corrected chi connectivity index (χ2v) is 22.3. The monoisotopic (exact) mass is 997 g/mol. The van der Waals surface area contributed by atoms with E-state index in [1.807, 2.05) is 20.8 Å². The van der Waals surface area contributed by atoms with E-state index in [2.05, 4.69) is 19.9 Å². The zero-order valence-corrected chi connectivity index (χ0v) is 42.9. The lowest BCUT2D eigenvalue weighted by atomic mass is 9.47. The van der Waals surface area contributed by atoms with Gasteiger partial charge in [0.25, 0.3) is 0 Å². The molecule has 398 valence electrons. The zero-order chi connectivity index (χ0) is 49.7. The number of carbonyl (C=O) groups excluding carboxylic acids is 1. The molecule has 2 N–H and O–H groups in total. The molecule has 10 rings (SSSR count). The summed E-state index contributed by atoms with van der Waals surface area (Å²) >= 11 is 0. The Kier molecular flexibility index (Phi) is 14.8. The number of allylic oxidation sites excluding steroid dienone is 1. The number of fused-ring (bicyclic) bond motifs is 3. The summed E-state index contributed by atoms with van der Waals surface area (Å²) in [7, 11) is 6.35. The summed E-state index contributed by atoms with van der Waals surface area (Å²) in [5.74, 6) is -1.09. The van der Waals surface area contributed by atoms with Crippen LogP contribution in [0.4, 0.5) is 0 Å². The molecule has 2 bridgehead atoms. The molecular formula is C51H80O19. The summed E-state index contributed by atoms with van der Waals surface area (Å²) in [5.41, 5.74) is 0.815. The van der Waals surface area contributed by atoms with Crippen LogP contribution in [-0.4, -0.2) is 186 Å². The molecule has 19 nitrogen and oxygen atoms in total. The van der Waals surface area contributed by atoms with Crippen LogP contribution in [0.25, 0.3) is 0 Å². The number of aliphatic hydroxyl groups excluding tert-OH is 2. The number of methoxy groups -OCH3 is 4. The third-order valence-corrected chi connectivity index (χ3v) is 18.5. The maximum atomic E-state index is 12.4. The highest BCUT2D eigenvalue weighted by Crippen LogP contribution is 2.76. The third kappa shape index (κ3) is 8.67. The van der Waals surface area contributed by atoms with Crippen molar-refractivity contribution in [1.82, 2.24) is 0 Å². The van der Waals surface area contributed by atoms with Crippen LogP contribution < -0.4 is 0 Å². The molecule has 0 aromatic carbocycles. The Labute approximate surface area is 412 Å². The Morgan fingerprint density at radius 1 is 0.700 bits per heavy atom. The molecule has 3 aliphatic carbocycles. The molecule has 7 aliphatic heterocycles. The Bertz CT molecular complexity index is 1890. The molecule has 10 aliphatic rings. The van der Waals surface area contributed by atoms with Crippen LogP contribution >= 0.6 is 0 Å². The van der Waals surface area contributed by atoms with Crippen LogP contribution in [-0.2, 0) is 80.6 Å². The van der Waals surface area contributed by atoms with Gasteiger partial charge >= 0.3 is 5.97 Å². The summed E-state index contributed by atoms with van der Waals surface area (Å²) in [4.78, 5) is 12.4. The molecule has 7 heterocycles. The largest absolute Gasteiger partial charge is 0.465 e. The van der Waals surface area contributed by atoms with E-state index in [1.54, 1.807) is 28.3 Å². The summed E-state index contributed by atoms with van der Waals surface area (Å²) in [5, 5.41) is 21.4. The van der Waals surface area contributed by atoms with Gasteiger partial charge in [0.15, 0.2) is 36.7 Å². The van der Waals surface area contributed by atoms with Crippen molar-refractivity contribution in [2.45, 2.75) is 235 Å². The maximum Gasteiger partial charge on any atom is 0.302 e. The normalized spacial score (nSPS) is 54.0. The minimum Gasteiger partial charge on any atom is -0.465 e. The smallest absolute Gasteiger partial charge is 0.302 e. The van der Waals surface area contributed by atoms with Crippen molar-refractivity contribution in [2.24, 2.45) is 28.6 Å². The second-order valence-electron chi connectivity index (χ2n) is 22.3. The van der Waals surface area contributed by atoms with E-state index in [9.17, 15) is 15.0 Å². The Morgan fingerprint density at radius 2 is 1.29 bits per heavy atom. The highest BCUT2D eigenvalue weighted by molar-refractivity contribution is 5.66. The average Bonchev–Trinajstić information content (AvgIpc) is 3.82. The molecule has 0 amide bonds. The molecule has 7 saturated heterocycles. The van der Waals surface area contributed by atoms with Gasteiger partial charge in [-0.2, -0.15) is 0 Å². The second kappa shape index (κ2) is 19.9. The Morgan fingerprint density at radius 3 is 1.84 bits per heavy atom. The van der Waals surface area contributed by atoms with Crippen LogP contribution in [0.5, 0.6) is 0 Å². The van der Waals surface area contributed by atoms with Crippen LogP contribution in [0, 0.1) is 28.6 Å². The summed E-state index contributed by atoms with van der Waals surface area (Å²) in [6, 6.07) is 0. The molecule has 70 heavy (non-hydrogen) atoms. The molecular weight excluding hydrogens is 917 g/mol. The van der Waals surface area contributed by atoms with Crippen molar-refractivity contribution in [3.05, 3.63) is 11.6 Å². The maximum absolute atomic E-state index is 12.4. The number of hydrogen-bond acceptors (Lipinski definition) is 19. The quantitative estimate of drug-likeness (QED) is 0.186. The van der Waals surface area contributed by atoms with Gasteiger partial charge < -0.3 is 86.0 Å². The van der Waals surface area contributed by atoms with E-state index in [-0.39, 0.29) is 59.0 Å². The minimum atomic E-state index is -1.22. The summed E-state index contributed by atoms with van der Waals surface area (Å²) in [6.45, 7) is 14.3. The zero-order valence-electron chi connectivity index (χ0n) is 42.9. The van der Waals surface area contributed by atoms with Crippen molar-refractivity contribution >= 4 is 5.97 Å². The number of esters is 1. The first-order valence-corrected chi connectivity index (χ1v) is 26.0. The van der Waals surface area contributed by atoms with E-state index in [0.717, 1.165) is 38.5 Å². The molecule has 9 fully saturated rings. The van der Waals surface area contributed by atoms with E-state index in [4.69, 9.17) is 75.8 Å². The molecule has 0 radical (unpaired) electrons. The molecule has 0 spiro atoms. The number of ether oxygens (including phenoxy) is 16. The highest BCUT2D eigenvalue weighted by atomic mass is 16.8. The van der Waals surface area contributed by atoms with Crippen LogP contribution in [0.2, 0.25) is 0 Å². The molecule has 0 aromatic heterocycles. The lowest BCUT2D eigenvalue weighted by Gasteiger charge is -2.60. The highest BCUT2D eigenvalue weighted by Gasteiger charge is 2.83. The van der Waals surface area contributed by atoms with Crippen molar-refractivity contribution in [1.29, 1.82) is 0 Å². The van der Waals surface area contributed by atoms with E-state index in [0.29, 0.717) is 32.5 Å². The van der Waals surface area contributed by atoms with Crippen molar-refractivity contribution in [2.75, 3.05) is 41.7 Å². The molecule has 0 unspecified atom stereocenters. The van der Waals surface area contributed by atoms with E-state index in [1.165, 1.54) is 19.6 Å². The standard InChI is InChI=1S/C51H80O19/c1-24-40(53)45(58-11)41(54)47(64-24)68-44-27(4)63-39(21-35(44)57-10)67-43-26(3)62-38(20-34(43)56-9)66-42-25(2)61-37(19-33(42)55-8)65-30-14-17-50(23-59-28(5)52)29(18-30)12-13-32-31(50)15-16-48(6)46-36-22-60-49(46,7)70-51(32,48)69-36/h12,24-27,30-47,53-54H,13-23H2,1-11H3/t24-,25-,26-,27-,30+,31+,32-,33-,34+,35-,36-,37+,38+,39+,40-,41-,42-,43-,44-,45+,46+,47+,48-,49-,50-,51+/m1/s1. The predicted octanol–water partition coefficient (Wildman–Crippen LogP) is 4.04. The Hall–Kier alpha value is -1.47. The van der Waals surface area contributed by atoms with Gasteiger partial charge in [0.1, 0.15) is 43.2 Å². The van der Waals surface area contributed by atoms with Crippen molar-refractivity contribution in [3.8, 4) is 0 Å². The third-order valence-electron chi connectivity index (χ3n) is 18.5. The molecule has 19 heteroatoms. The van der Waals surface area contributed by atoms with Gasteiger partial charge in [-0.3, -0.25) is 4.79 Å². The topological polar surface area (TPSA) is 205 Å². The molecule has 0 aromatic rings. The van der Waals surface area contributed by atoms with Crippen LogP contribution in [0.15, 0.2) is 11.6 Å². The fourth-order valence-electron chi connectivity index (χ4n) is 15.2. The lowest BCUT2D eigenvalue weighted by Crippen LogP contribution is -2.61.